The van der Waals surface area contributed by atoms with Crippen molar-refractivity contribution in [1.82, 2.24) is 0 Å². The number of rotatable bonds is 0. The molecule has 1 aromatic rings. The highest BCUT2D eigenvalue weighted by Crippen LogP contribution is 2.52. The summed E-state index contributed by atoms with van der Waals surface area (Å²) >= 11 is 0. The van der Waals surface area contributed by atoms with Crippen molar-refractivity contribution in [3.63, 3.8) is 0 Å². The number of fused-ring (bicyclic) bond motifs is 3. The summed E-state index contributed by atoms with van der Waals surface area (Å²) in [6, 6.07) is 4.66. The van der Waals surface area contributed by atoms with E-state index in [1.807, 2.05) is 0 Å². The molecule has 0 aliphatic heterocycles. The van der Waals surface area contributed by atoms with Gasteiger partial charge in [-0.25, -0.2) is 0 Å². The lowest BCUT2D eigenvalue weighted by Gasteiger charge is -2.29. The van der Waals surface area contributed by atoms with E-state index in [1.54, 1.807) is 0 Å². The molecule has 0 N–H and O–H groups in total. The van der Waals surface area contributed by atoms with Crippen molar-refractivity contribution in [3.8, 4) is 0 Å². The first-order valence-corrected chi connectivity index (χ1v) is 8.30. The van der Waals surface area contributed by atoms with E-state index in [4.69, 9.17) is 0 Å². The number of benzene rings is 1. The van der Waals surface area contributed by atoms with Gasteiger partial charge in [-0.15, -0.1) is 0 Å². The molecule has 0 spiro atoms. The first-order chi connectivity index (χ1) is 9.60. The minimum atomic E-state index is 0.154. The molecule has 21 heavy (non-hydrogen) atoms. The molecule has 2 unspecified atom stereocenters. The molecule has 3 rings (SSSR count). The third-order valence-corrected chi connectivity index (χ3v) is 5.37. The fraction of sp³-hybridized carbons (Fsp3) is 0.650. The summed E-state index contributed by atoms with van der Waals surface area (Å²) in [6.45, 7) is 13.7. The molecule has 1 nitrogen and oxygen atoms in total. The van der Waals surface area contributed by atoms with Crippen LogP contribution in [0.4, 0.5) is 0 Å². The van der Waals surface area contributed by atoms with Crippen LogP contribution in [-0.2, 0) is 22.0 Å². The van der Waals surface area contributed by atoms with Crippen LogP contribution in [0.1, 0.15) is 82.6 Å². The minimum Gasteiger partial charge on any atom is -0.299 e. The Kier molecular flexibility index (Phi) is 3.13. The lowest BCUT2D eigenvalue weighted by molar-refractivity contribution is -0.120. The van der Waals surface area contributed by atoms with Crippen LogP contribution in [0.15, 0.2) is 12.1 Å². The van der Waals surface area contributed by atoms with E-state index in [2.05, 4.69) is 53.7 Å². The zero-order valence-electron chi connectivity index (χ0n) is 14.3. The average molecular weight is 284 g/mol. The quantitative estimate of drug-likeness (QED) is 0.662. The normalized spacial score (nSPS) is 25.1. The second-order valence-corrected chi connectivity index (χ2v) is 8.98. The van der Waals surface area contributed by atoms with E-state index in [0.717, 1.165) is 19.3 Å². The SMILES string of the molecule is CC(C)(C)c1ccc(C(C)(C)C)c2c1CC1C(=O)CCC21. The van der Waals surface area contributed by atoms with Gasteiger partial charge in [-0.3, -0.25) is 4.79 Å². The summed E-state index contributed by atoms with van der Waals surface area (Å²) in [7, 11) is 0. The zero-order chi connectivity index (χ0) is 15.6. The second-order valence-electron chi connectivity index (χ2n) is 8.98. The first-order valence-electron chi connectivity index (χ1n) is 8.30. The third kappa shape index (κ3) is 2.25. The molecule has 1 saturated carbocycles. The van der Waals surface area contributed by atoms with E-state index in [9.17, 15) is 4.79 Å². The van der Waals surface area contributed by atoms with Crippen LogP contribution in [0, 0.1) is 5.92 Å². The van der Waals surface area contributed by atoms with E-state index in [-0.39, 0.29) is 16.7 Å². The van der Waals surface area contributed by atoms with Crippen molar-refractivity contribution in [3.05, 3.63) is 34.4 Å². The largest absolute Gasteiger partial charge is 0.299 e. The summed E-state index contributed by atoms with van der Waals surface area (Å²) in [4.78, 5) is 12.2. The van der Waals surface area contributed by atoms with Crippen LogP contribution in [0.5, 0.6) is 0 Å². The Labute approximate surface area is 129 Å². The van der Waals surface area contributed by atoms with Gasteiger partial charge in [0.05, 0.1) is 0 Å². The van der Waals surface area contributed by atoms with Gasteiger partial charge in [-0.1, -0.05) is 53.7 Å². The second kappa shape index (κ2) is 4.44. The lowest BCUT2D eigenvalue weighted by Crippen LogP contribution is -2.19. The Balaban J connectivity index is 2.24. The van der Waals surface area contributed by atoms with Gasteiger partial charge in [0, 0.05) is 12.3 Å². The number of ketones is 1. The van der Waals surface area contributed by atoms with Crippen LogP contribution < -0.4 is 0 Å². The number of carbonyl (C=O) groups is 1. The Bertz CT molecular complexity index is 595. The molecule has 2 aliphatic rings. The van der Waals surface area contributed by atoms with Crippen molar-refractivity contribution >= 4 is 5.78 Å². The Morgan fingerprint density at radius 3 is 2.05 bits per heavy atom. The van der Waals surface area contributed by atoms with Crippen molar-refractivity contribution in [1.29, 1.82) is 0 Å². The molecule has 1 aromatic carbocycles. The van der Waals surface area contributed by atoms with Crippen LogP contribution in [0.2, 0.25) is 0 Å². The van der Waals surface area contributed by atoms with Gasteiger partial charge >= 0.3 is 0 Å². The molecule has 0 bridgehead atoms. The van der Waals surface area contributed by atoms with Crippen molar-refractivity contribution in [2.45, 2.75) is 77.6 Å². The molecule has 114 valence electrons. The Morgan fingerprint density at radius 2 is 1.48 bits per heavy atom. The monoisotopic (exact) mass is 284 g/mol. The van der Waals surface area contributed by atoms with Gasteiger partial charge in [-0.05, 0) is 51.8 Å². The van der Waals surface area contributed by atoms with Gasteiger partial charge < -0.3 is 0 Å². The maximum atomic E-state index is 12.2. The zero-order valence-corrected chi connectivity index (χ0v) is 14.3. The highest BCUT2D eigenvalue weighted by Gasteiger charge is 2.45. The van der Waals surface area contributed by atoms with E-state index in [1.165, 1.54) is 22.3 Å². The summed E-state index contributed by atoms with van der Waals surface area (Å²) in [6.07, 6.45) is 2.83. The van der Waals surface area contributed by atoms with Crippen LogP contribution >= 0.6 is 0 Å². The topological polar surface area (TPSA) is 17.1 Å². The van der Waals surface area contributed by atoms with Crippen LogP contribution in [0.25, 0.3) is 0 Å². The summed E-state index contributed by atoms with van der Waals surface area (Å²) in [5.74, 6) is 1.25. The molecule has 0 aromatic heterocycles. The van der Waals surface area contributed by atoms with Crippen molar-refractivity contribution in [2.24, 2.45) is 5.92 Å². The highest BCUT2D eigenvalue weighted by atomic mass is 16.1. The van der Waals surface area contributed by atoms with E-state index >= 15 is 0 Å². The molecule has 2 atom stereocenters. The van der Waals surface area contributed by atoms with Crippen LogP contribution in [0.3, 0.4) is 0 Å². The molecule has 0 amide bonds. The minimum absolute atomic E-state index is 0.154. The molecular formula is C20H28O. The fourth-order valence-corrected chi connectivity index (χ4v) is 4.40. The highest BCUT2D eigenvalue weighted by molar-refractivity contribution is 5.86. The lowest BCUT2D eigenvalue weighted by atomic mass is 9.75. The van der Waals surface area contributed by atoms with Gasteiger partial charge in [-0.2, -0.15) is 0 Å². The van der Waals surface area contributed by atoms with Gasteiger partial charge in [0.1, 0.15) is 5.78 Å². The van der Waals surface area contributed by atoms with Crippen LogP contribution in [-0.4, -0.2) is 5.78 Å². The summed E-state index contributed by atoms with van der Waals surface area (Å²) in [5.41, 5.74) is 6.26. The standard InChI is InChI=1S/C20H28O/c1-19(2,3)15-8-9-16(20(4,5)6)18-12-7-10-17(21)13(12)11-14(15)18/h8-9,12-13H,7,10-11H2,1-6H3. The number of hydrogen-bond donors (Lipinski definition) is 0. The predicted molar refractivity (Wildman–Crippen MR) is 88.0 cm³/mol. The van der Waals surface area contributed by atoms with Crippen molar-refractivity contribution in [2.75, 3.05) is 0 Å². The molecule has 1 fully saturated rings. The average Bonchev–Trinajstić information content (AvgIpc) is 2.86. The van der Waals surface area contributed by atoms with E-state index in [0.29, 0.717) is 11.7 Å². The maximum absolute atomic E-state index is 12.2. The Morgan fingerprint density at radius 1 is 0.905 bits per heavy atom. The molecule has 0 radical (unpaired) electrons. The first kappa shape index (κ1) is 14.8. The fourth-order valence-electron chi connectivity index (χ4n) is 4.40. The summed E-state index contributed by atoms with van der Waals surface area (Å²) < 4.78 is 0. The molecule has 0 heterocycles. The Hall–Kier alpha value is -1.11. The molecule has 0 saturated heterocycles. The number of Topliss-reactive ketones (excluding diaryl/α,β-unsaturated/α-hetero) is 1. The van der Waals surface area contributed by atoms with Gasteiger partial charge in [0.2, 0.25) is 0 Å². The number of hydrogen-bond acceptors (Lipinski definition) is 1. The van der Waals surface area contributed by atoms with E-state index < -0.39 is 0 Å². The summed E-state index contributed by atoms with van der Waals surface area (Å²) in [5, 5.41) is 0. The molecule has 2 aliphatic carbocycles. The maximum Gasteiger partial charge on any atom is 0.136 e. The smallest absolute Gasteiger partial charge is 0.136 e. The van der Waals surface area contributed by atoms with Crippen molar-refractivity contribution < 1.29 is 4.79 Å². The molecular weight excluding hydrogens is 256 g/mol. The third-order valence-electron chi connectivity index (χ3n) is 5.37. The molecule has 1 heteroatoms. The number of carbonyl (C=O) groups excluding carboxylic acids is 1. The predicted octanol–water partition coefficient (Wildman–Crippen LogP) is 4.90. The van der Waals surface area contributed by atoms with Gasteiger partial charge in [0.25, 0.3) is 0 Å². The van der Waals surface area contributed by atoms with Gasteiger partial charge in [0.15, 0.2) is 0 Å².